The van der Waals surface area contributed by atoms with E-state index < -0.39 is 0 Å². The molecule has 0 aliphatic carbocycles. The maximum atomic E-state index is 5.53. The van der Waals surface area contributed by atoms with Gasteiger partial charge in [-0.25, -0.2) is 4.99 Å². The normalized spacial score (nSPS) is 16.7. The first kappa shape index (κ1) is 20.0. The third kappa shape index (κ3) is 4.48. The summed E-state index contributed by atoms with van der Waals surface area (Å²) in [5.41, 5.74) is 3.33. The zero-order valence-corrected chi connectivity index (χ0v) is 17.6. The highest BCUT2D eigenvalue weighted by molar-refractivity contribution is 5.83. The van der Waals surface area contributed by atoms with Crippen molar-refractivity contribution in [3.05, 3.63) is 66.4 Å². The second-order valence-electron chi connectivity index (χ2n) is 7.43. The van der Waals surface area contributed by atoms with Gasteiger partial charge in [0.25, 0.3) is 0 Å². The average Bonchev–Trinajstić information content (AvgIpc) is 3.26. The molecule has 1 aliphatic heterocycles. The van der Waals surface area contributed by atoms with Crippen LogP contribution in [0.15, 0.2) is 65.8 Å². The van der Waals surface area contributed by atoms with Crippen molar-refractivity contribution in [2.75, 3.05) is 31.6 Å². The van der Waals surface area contributed by atoms with Crippen LogP contribution in [0.5, 0.6) is 5.75 Å². The van der Waals surface area contributed by atoms with Crippen LogP contribution in [-0.4, -0.2) is 43.7 Å². The molecule has 0 amide bonds. The zero-order valence-electron chi connectivity index (χ0n) is 17.6. The molecule has 6 heteroatoms. The number of para-hydroxylation sites is 3. The number of hydrogen-bond acceptors (Lipinski definition) is 4. The van der Waals surface area contributed by atoms with Gasteiger partial charge in [0.15, 0.2) is 5.96 Å². The molecule has 0 saturated carbocycles. The summed E-state index contributed by atoms with van der Waals surface area (Å²) in [5, 5.41) is 8.15. The van der Waals surface area contributed by atoms with Crippen LogP contribution in [0.1, 0.15) is 18.9 Å². The lowest BCUT2D eigenvalue weighted by Gasteiger charge is -2.22. The number of methoxy groups -OCH3 is 1. The van der Waals surface area contributed by atoms with Gasteiger partial charge >= 0.3 is 0 Å². The third-order valence-electron chi connectivity index (χ3n) is 5.45. The number of pyridine rings is 1. The van der Waals surface area contributed by atoms with Crippen molar-refractivity contribution in [3.63, 3.8) is 0 Å². The number of anilines is 1. The van der Waals surface area contributed by atoms with E-state index in [-0.39, 0.29) is 0 Å². The quantitative estimate of drug-likeness (QED) is 0.487. The van der Waals surface area contributed by atoms with Crippen molar-refractivity contribution in [1.29, 1.82) is 0 Å². The number of nitrogens with zero attached hydrogens (tertiary/aromatic N) is 3. The van der Waals surface area contributed by atoms with Crippen molar-refractivity contribution in [2.45, 2.75) is 25.9 Å². The predicted molar refractivity (Wildman–Crippen MR) is 123 cm³/mol. The first-order valence-corrected chi connectivity index (χ1v) is 10.5. The minimum absolute atomic E-state index is 0.335. The maximum Gasteiger partial charge on any atom is 0.191 e. The Hall–Kier alpha value is -3.28. The largest absolute Gasteiger partial charge is 0.495 e. The number of benzene rings is 2. The van der Waals surface area contributed by atoms with Gasteiger partial charge in [0, 0.05) is 37.3 Å². The number of aliphatic imine (C=N–C) groups is 1. The summed E-state index contributed by atoms with van der Waals surface area (Å²) in [5.74, 6) is 1.77. The molecule has 1 fully saturated rings. The van der Waals surface area contributed by atoms with E-state index in [9.17, 15) is 0 Å². The second-order valence-corrected chi connectivity index (χ2v) is 7.43. The SMILES string of the molecule is CCNC(=NCc1ccnc2ccccc12)NC1CCN(c2ccccc2OC)C1. The van der Waals surface area contributed by atoms with Crippen molar-refractivity contribution in [1.82, 2.24) is 15.6 Å². The molecule has 1 aliphatic rings. The van der Waals surface area contributed by atoms with Crippen LogP contribution < -0.4 is 20.3 Å². The van der Waals surface area contributed by atoms with Gasteiger partial charge in [0.1, 0.15) is 5.75 Å². The first-order chi connectivity index (χ1) is 14.8. The summed E-state index contributed by atoms with van der Waals surface area (Å²) in [4.78, 5) is 11.7. The van der Waals surface area contributed by atoms with E-state index in [1.807, 2.05) is 42.6 Å². The summed E-state index contributed by atoms with van der Waals surface area (Å²) >= 11 is 0. The van der Waals surface area contributed by atoms with Crippen molar-refractivity contribution in [3.8, 4) is 5.75 Å². The first-order valence-electron chi connectivity index (χ1n) is 10.5. The third-order valence-corrected chi connectivity index (χ3v) is 5.45. The number of hydrogen-bond donors (Lipinski definition) is 2. The highest BCUT2D eigenvalue weighted by Crippen LogP contribution is 2.30. The van der Waals surface area contributed by atoms with Gasteiger partial charge < -0.3 is 20.3 Å². The molecule has 0 radical (unpaired) electrons. The molecule has 1 aromatic heterocycles. The molecule has 30 heavy (non-hydrogen) atoms. The van der Waals surface area contributed by atoms with E-state index >= 15 is 0 Å². The fraction of sp³-hybridized carbons (Fsp3) is 0.333. The monoisotopic (exact) mass is 403 g/mol. The molecule has 6 nitrogen and oxygen atoms in total. The maximum absolute atomic E-state index is 5.53. The van der Waals surface area contributed by atoms with Gasteiger partial charge in [-0.2, -0.15) is 0 Å². The molecular weight excluding hydrogens is 374 g/mol. The van der Waals surface area contributed by atoms with Gasteiger partial charge in [0.05, 0.1) is 24.9 Å². The standard InChI is InChI=1S/C24H29N5O/c1-3-25-24(27-16-18-12-14-26-21-9-5-4-8-20(18)21)28-19-13-15-29(17-19)22-10-6-7-11-23(22)30-2/h4-12,14,19H,3,13,15-17H2,1-2H3,(H2,25,27,28). The number of fused-ring (bicyclic) bond motifs is 1. The van der Waals surface area contributed by atoms with Crippen molar-refractivity contribution >= 4 is 22.5 Å². The van der Waals surface area contributed by atoms with E-state index in [0.717, 1.165) is 54.4 Å². The molecule has 1 unspecified atom stereocenters. The Morgan fingerprint density at radius 1 is 1.17 bits per heavy atom. The van der Waals surface area contributed by atoms with E-state index in [1.165, 1.54) is 5.56 Å². The summed E-state index contributed by atoms with van der Waals surface area (Å²) in [6.07, 6.45) is 2.91. The van der Waals surface area contributed by atoms with Crippen molar-refractivity contribution < 1.29 is 4.74 Å². The molecular formula is C24H29N5O. The number of ether oxygens (including phenoxy) is 1. The summed E-state index contributed by atoms with van der Waals surface area (Å²) in [6.45, 7) is 5.44. The molecule has 0 spiro atoms. The molecule has 2 aromatic carbocycles. The molecule has 1 atom stereocenters. The van der Waals surface area contributed by atoms with Crippen LogP contribution in [0.25, 0.3) is 10.9 Å². The van der Waals surface area contributed by atoms with Crippen molar-refractivity contribution in [2.24, 2.45) is 4.99 Å². The van der Waals surface area contributed by atoms with Gasteiger partial charge in [-0.1, -0.05) is 30.3 Å². The zero-order chi connectivity index (χ0) is 20.8. The highest BCUT2D eigenvalue weighted by Gasteiger charge is 2.25. The molecule has 156 valence electrons. The van der Waals surface area contributed by atoms with Gasteiger partial charge in [-0.05, 0) is 43.2 Å². The minimum Gasteiger partial charge on any atom is -0.495 e. The lowest BCUT2D eigenvalue weighted by atomic mass is 10.1. The van der Waals surface area contributed by atoms with E-state index in [1.54, 1.807) is 7.11 Å². The Kier molecular flexibility index (Phi) is 6.32. The molecule has 2 heterocycles. The fourth-order valence-corrected chi connectivity index (χ4v) is 3.96. The van der Waals surface area contributed by atoms with E-state index in [0.29, 0.717) is 12.6 Å². The number of aromatic nitrogens is 1. The van der Waals surface area contributed by atoms with E-state index in [2.05, 4.69) is 45.6 Å². The van der Waals surface area contributed by atoms with Gasteiger partial charge in [0.2, 0.25) is 0 Å². The summed E-state index contributed by atoms with van der Waals surface area (Å²) < 4.78 is 5.53. The Morgan fingerprint density at radius 2 is 2.00 bits per heavy atom. The van der Waals surface area contributed by atoms with Gasteiger partial charge in [-0.15, -0.1) is 0 Å². The topological polar surface area (TPSA) is 61.8 Å². The Bertz CT molecular complexity index is 1010. The lowest BCUT2D eigenvalue weighted by molar-refractivity contribution is 0.415. The molecule has 1 saturated heterocycles. The Morgan fingerprint density at radius 3 is 2.87 bits per heavy atom. The van der Waals surface area contributed by atoms with Crippen LogP contribution in [-0.2, 0) is 6.54 Å². The minimum atomic E-state index is 0.335. The smallest absolute Gasteiger partial charge is 0.191 e. The highest BCUT2D eigenvalue weighted by atomic mass is 16.5. The average molecular weight is 404 g/mol. The van der Waals surface area contributed by atoms with Crippen LogP contribution in [0, 0.1) is 0 Å². The second kappa shape index (κ2) is 9.48. The molecule has 4 rings (SSSR count). The van der Waals surface area contributed by atoms with Crippen LogP contribution >= 0.6 is 0 Å². The Labute approximate surface area is 178 Å². The lowest BCUT2D eigenvalue weighted by Crippen LogP contribution is -2.44. The van der Waals surface area contributed by atoms with Gasteiger partial charge in [-0.3, -0.25) is 4.98 Å². The van der Waals surface area contributed by atoms with Crippen LogP contribution in [0.4, 0.5) is 5.69 Å². The summed E-state index contributed by atoms with van der Waals surface area (Å²) in [6, 6.07) is 18.8. The van der Waals surface area contributed by atoms with Crippen LogP contribution in [0.3, 0.4) is 0 Å². The number of guanidine groups is 1. The number of nitrogens with one attached hydrogen (secondary N) is 2. The van der Waals surface area contributed by atoms with E-state index in [4.69, 9.17) is 9.73 Å². The number of rotatable bonds is 6. The molecule has 0 bridgehead atoms. The summed E-state index contributed by atoms with van der Waals surface area (Å²) in [7, 11) is 1.73. The fourth-order valence-electron chi connectivity index (χ4n) is 3.96. The Balaban J connectivity index is 1.45. The molecule has 3 aromatic rings. The van der Waals surface area contributed by atoms with Crippen LogP contribution in [0.2, 0.25) is 0 Å². The predicted octanol–water partition coefficient (Wildman–Crippen LogP) is 3.58. The molecule has 2 N–H and O–H groups in total.